The number of ether oxygens (including phenoxy) is 1. The van der Waals surface area contributed by atoms with Crippen molar-refractivity contribution < 1.29 is 9.53 Å². The van der Waals surface area contributed by atoms with Crippen molar-refractivity contribution in [1.29, 1.82) is 0 Å². The van der Waals surface area contributed by atoms with Crippen LogP contribution in [0.2, 0.25) is 0 Å². The average Bonchev–Trinajstić information content (AvgIpc) is 3.10. The lowest BCUT2D eigenvalue weighted by Crippen LogP contribution is -2.26. The van der Waals surface area contributed by atoms with Gasteiger partial charge in [0, 0.05) is 5.56 Å². The predicted molar refractivity (Wildman–Crippen MR) is 116 cm³/mol. The van der Waals surface area contributed by atoms with E-state index < -0.39 is 0 Å². The first-order valence-corrected chi connectivity index (χ1v) is 10.4. The molecule has 0 fully saturated rings. The van der Waals surface area contributed by atoms with E-state index in [1.165, 1.54) is 28.0 Å². The summed E-state index contributed by atoms with van der Waals surface area (Å²) < 4.78 is 5.92. The van der Waals surface area contributed by atoms with E-state index in [1.807, 2.05) is 37.4 Å². The molecule has 146 valence electrons. The van der Waals surface area contributed by atoms with Gasteiger partial charge in [-0.25, -0.2) is 0 Å². The maximum absolute atomic E-state index is 12.6. The summed E-state index contributed by atoms with van der Waals surface area (Å²) in [5.74, 6) is 0.835. The Balaban J connectivity index is 1.62. The number of carbonyl (C=O) groups excluding carboxylic acids is 1. The van der Waals surface area contributed by atoms with E-state index in [-0.39, 0.29) is 11.9 Å². The number of hydrogen-bond acceptors (Lipinski definition) is 3. The fourth-order valence-electron chi connectivity index (χ4n) is 3.35. The van der Waals surface area contributed by atoms with Gasteiger partial charge in [-0.05, 0) is 68.8 Å². The minimum Gasteiger partial charge on any atom is -0.489 e. The van der Waals surface area contributed by atoms with Crippen molar-refractivity contribution in [1.82, 2.24) is 5.32 Å². The molecule has 0 aliphatic carbocycles. The number of amides is 1. The number of rotatable bonds is 6. The molecule has 1 atom stereocenters. The zero-order valence-electron chi connectivity index (χ0n) is 17.1. The summed E-state index contributed by atoms with van der Waals surface area (Å²) in [4.78, 5) is 13.3. The molecule has 0 aliphatic heterocycles. The maximum Gasteiger partial charge on any atom is 0.261 e. The Morgan fingerprint density at radius 1 is 1.00 bits per heavy atom. The van der Waals surface area contributed by atoms with Crippen molar-refractivity contribution >= 4 is 17.2 Å². The standard InChI is InChI=1S/C24H27NO2S/c1-15-6-8-21(17(3)10-15)19(5)25-24(26)23-12-20(14-28-23)13-27-22-9-7-16(2)11-18(22)4/h6-12,14,19H,13H2,1-5H3,(H,25,26). The van der Waals surface area contributed by atoms with Crippen molar-refractivity contribution in [2.24, 2.45) is 0 Å². The van der Waals surface area contributed by atoms with Gasteiger partial charge in [-0.15, -0.1) is 11.3 Å². The van der Waals surface area contributed by atoms with Gasteiger partial charge in [-0.2, -0.15) is 0 Å². The highest BCUT2D eigenvalue weighted by molar-refractivity contribution is 7.12. The molecule has 2 aromatic carbocycles. The van der Waals surface area contributed by atoms with Crippen molar-refractivity contribution in [3.63, 3.8) is 0 Å². The van der Waals surface area contributed by atoms with Crippen LogP contribution in [0.25, 0.3) is 0 Å². The van der Waals surface area contributed by atoms with Gasteiger partial charge in [-0.1, -0.05) is 41.5 Å². The Hall–Kier alpha value is -2.59. The minimum atomic E-state index is -0.0461. The third kappa shape index (κ3) is 4.82. The lowest BCUT2D eigenvalue weighted by molar-refractivity contribution is 0.0944. The van der Waals surface area contributed by atoms with Crippen molar-refractivity contribution in [3.8, 4) is 5.75 Å². The van der Waals surface area contributed by atoms with E-state index >= 15 is 0 Å². The van der Waals surface area contributed by atoms with Gasteiger partial charge in [0.15, 0.2) is 0 Å². The first-order chi connectivity index (χ1) is 13.3. The monoisotopic (exact) mass is 393 g/mol. The highest BCUT2D eigenvalue weighted by Gasteiger charge is 2.15. The van der Waals surface area contributed by atoms with Crippen LogP contribution in [-0.2, 0) is 6.61 Å². The molecule has 3 rings (SSSR count). The molecule has 0 bridgehead atoms. The summed E-state index contributed by atoms with van der Waals surface area (Å²) in [5, 5.41) is 5.09. The Morgan fingerprint density at radius 3 is 2.36 bits per heavy atom. The smallest absolute Gasteiger partial charge is 0.261 e. The summed E-state index contributed by atoms with van der Waals surface area (Å²) in [6.07, 6.45) is 0. The van der Waals surface area contributed by atoms with Crippen LogP contribution in [-0.4, -0.2) is 5.91 Å². The molecule has 1 N–H and O–H groups in total. The number of thiophene rings is 1. The average molecular weight is 394 g/mol. The third-order valence-electron chi connectivity index (χ3n) is 4.84. The zero-order valence-corrected chi connectivity index (χ0v) is 17.9. The second kappa shape index (κ2) is 8.61. The van der Waals surface area contributed by atoms with Crippen LogP contribution >= 0.6 is 11.3 Å². The first kappa shape index (κ1) is 20.2. The van der Waals surface area contributed by atoms with Crippen LogP contribution in [0.15, 0.2) is 47.8 Å². The van der Waals surface area contributed by atoms with Crippen molar-refractivity contribution in [3.05, 3.63) is 86.1 Å². The van der Waals surface area contributed by atoms with Gasteiger partial charge in [0.25, 0.3) is 5.91 Å². The lowest BCUT2D eigenvalue weighted by atomic mass is 10.0. The van der Waals surface area contributed by atoms with Gasteiger partial charge in [0.2, 0.25) is 0 Å². The topological polar surface area (TPSA) is 38.3 Å². The van der Waals surface area contributed by atoms with E-state index in [4.69, 9.17) is 4.74 Å². The normalized spacial score (nSPS) is 11.9. The molecule has 3 aromatic rings. The summed E-state index contributed by atoms with van der Waals surface area (Å²) in [6.45, 7) is 10.8. The molecule has 1 amide bonds. The summed E-state index contributed by atoms with van der Waals surface area (Å²) in [6, 6.07) is 14.3. The van der Waals surface area contributed by atoms with Crippen LogP contribution in [0.1, 0.15) is 56.0 Å². The van der Waals surface area contributed by atoms with Gasteiger partial charge < -0.3 is 10.1 Å². The molecule has 0 spiro atoms. The van der Waals surface area contributed by atoms with Crippen LogP contribution in [0.4, 0.5) is 0 Å². The van der Waals surface area contributed by atoms with E-state index in [0.29, 0.717) is 11.5 Å². The molecule has 0 aliphatic rings. The molecule has 1 heterocycles. The second-order valence-corrected chi connectivity index (χ2v) is 8.34. The molecule has 1 unspecified atom stereocenters. The molecular weight excluding hydrogens is 366 g/mol. The molecule has 3 nitrogen and oxygen atoms in total. The number of aryl methyl sites for hydroxylation is 4. The van der Waals surface area contributed by atoms with Crippen molar-refractivity contribution in [2.75, 3.05) is 0 Å². The van der Waals surface area contributed by atoms with E-state index in [0.717, 1.165) is 22.4 Å². The zero-order chi connectivity index (χ0) is 20.3. The SMILES string of the molecule is Cc1ccc(OCc2csc(C(=O)NC(C)c3ccc(C)cc3C)c2)c(C)c1. The maximum atomic E-state index is 12.6. The number of nitrogens with one attached hydrogen (secondary N) is 1. The Labute approximate surface area is 171 Å². The molecule has 4 heteroatoms. The molecule has 0 saturated carbocycles. The quantitative estimate of drug-likeness (QED) is 0.553. The number of carbonyl (C=O) groups is 1. The molecule has 28 heavy (non-hydrogen) atoms. The Kier molecular flexibility index (Phi) is 6.20. The second-order valence-electron chi connectivity index (χ2n) is 7.43. The number of benzene rings is 2. The summed E-state index contributed by atoms with van der Waals surface area (Å²) in [5.41, 5.74) is 6.92. The van der Waals surface area contributed by atoms with Gasteiger partial charge in [-0.3, -0.25) is 4.79 Å². The highest BCUT2D eigenvalue weighted by Crippen LogP contribution is 2.23. The van der Waals surface area contributed by atoms with Crippen LogP contribution in [0, 0.1) is 27.7 Å². The first-order valence-electron chi connectivity index (χ1n) is 9.49. The Bertz CT molecular complexity index is 990. The van der Waals surface area contributed by atoms with E-state index in [9.17, 15) is 4.79 Å². The summed E-state index contributed by atoms with van der Waals surface area (Å²) >= 11 is 1.45. The van der Waals surface area contributed by atoms with Gasteiger partial charge >= 0.3 is 0 Å². The van der Waals surface area contributed by atoms with Crippen LogP contribution in [0.3, 0.4) is 0 Å². The summed E-state index contributed by atoms with van der Waals surface area (Å²) in [7, 11) is 0. The van der Waals surface area contributed by atoms with Crippen molar-refractivity contribution in [2.45, 2.75) is 47.3 Å². The lowest BCUT2D eigenvalue weighted by Gasteiger charge is -2.16. The van der Waals surface area contributed by atoms with Gasteiger partial charge in [0.1, 0.15) is 12.4 Å². The molecule has 0 saturated heterocycles. The molecular formula is C24H27NO2S. The predicted octanol–water partition coefficient (Wildman–Crippen LogP) is 6.05. The van der Waals surface area contributed by atoms with E-state index in [2.05, 4.69) is 50.4 Å². The fourth-order valence-corrected chi connectivity index (χ4v) is 4.15. The van der Waals surface area contributed by atoms with Gasteiger partial charge in [0.05, 0.1) is 10.9 Å². The van der Waals surface area contributed by atoms with E-state index in [1.54, 1.807) is 0 Å². The van der Waals surface area contributed by atoms with Crippen LogP contribution in [0.5, 0.6) is 5.75 Å². The molecule has 1 aromatic heterocycles. The largest absolute Gasteiger partial charge is 0.489 e. The third-order valence-corrected chi connectivity index (χ3v) is 5.82. The Morgan fingerprint density at radius 2 is 1.68 bits per heavy atom. The minimum absolute atomic E-state index is 0.0369. The highest BCUT2D eigenvalue weighted by atomic mass is 32.1. The fraction of sp³-hybridized carbons (Fsp3) is 0.292. The van der Waals surface area contributed by atoms with Crippen LogP contribution < -0.4 is 10.1 Å². The molecule has 0 radical (unpaired) electrons. The number of hydrogen-bond donors (Lipinski definition) is 1.